The van der Waals surface area contributed by atoms with Gasteiger partial charge >= 0.3 is 0 Å². The van der Waals surface area contributed by atoms with Gasteiger partial charge in [-0.1, -0.05) is 25.8 Å². The third-order valence-electron chi connectivity index (χ3n) is 4.30. The molecule has 5 nitrogen and oxygen atoms in total. The van der Waals surface area contributed by atoms with Crippen LogP contribution in [0.25, 0.3) is 0 Å². The Kier molecular flexibility index (Phi) is 5.24. The van der Waals surface area contributed by atoms with Crippen molar-refractivity contribution in [3.8, 4) is 0 Å². The fraction of sp³-hybridized carbons (Fsp3) is 0.562. The molecule has 2 unspecified atom stereocenters. The second kappa shape index (κ2) is 6.79. The summed E-state index contributed by atoms with van der Waals surface area (Å²) >= 11 is 0. The molecule has 0 radical (unpaired) electrons. The smallest absolute Gasteiger partial charge is 0.251 e. The van der Waals surface area contributed by atoms with Crippen LogP contribution in [0.2, 0.25) is 0 Å². The van der Waals surface area contributed by atoms with Gasteiger partial charge in [0.2, 0.25) is 10.0 Å². The third-order valence-corrected chi connectivity index (χ3v) is 5.72. The summed E-state index contributed by atoms with van der Waals surface area (Å²) in [6.07, 6.45) is 4.31. The molecule has 2 atom stereocenters. The minimum Gasteiger partial charge on any atom is -0.349 e. The Balaban J connectivity index is 2.20. The van der Waals surface area contributed by atoms with Crippen LogP contribution in [0.15, 0.2) is 23.1 Å². The maximum Gasteiger partial charge on any atom is 0.251 e. The number of hydrogen-bond donors (Lipinski definition) is 2. The lowest BCUT2D eigenvalue weighted by Gasteiger charge is -2.27. The molecule has 0 aromatic heterocycles. The van der Waals surface area contributed by atoms with E-state index in [4.69, 9.17) is 0 Å². The number of nitrogens with one attached hydrogen (secondary N) is 2. The number of hydrogen-bond acceptors (Lipinski definition) is 3. The predicted octanol–water partition coefficient (Wildman–Crippen LogP) is 2.21. The molecule has 1 fully saturated rings. The monoisotopic (exact) mass is 324 g/mol. The van der Waals surface area contributed by atoms with Crippen LogP contribution >= 0.6 is 0 Å². The molecule has 22 heavy (non-hydrogen) atoms. The van der Waals surface area contributed by atoms with E-state index < -0.39 is 10.0 Å². The third kappa shape index (κ3) is 3.87. The molecule has 1 aliphatic rings. The van der Waals surface area contributed by atoms with Crippen LogP contribution in [-0.2, 0) is 10.0 Å². The van der Waals surface area contributed by atoms with Gasteiger partial charge in [-0.15, -0.1) is 0 Å². The van der Waals surface area contributed by atoms with Crippen molar-refractivity contribution in [3.63, 3.8) is 0 Å². The van der Waals surface area contributed by atoms with Crippen molar-refractivity contribution in [2.75, 3.05) is 7.05 Å². The fourth-order valence-corrected chi connectivity index (χ4v) is 3.72. The molecule has 1 aromatic rings. The van der Waals surface area contributed by atoms with Crippen LogP contribution in [0.1, 0.15) is 48.5 Å². The van der Waals surface area contributed by atoms with Gasteiger partial charge in [-0.2, -0.15) is 0 Å². The average Bonchev–Trinajstić information content (AvgIpc) is 2.47. The number of amides is 1. The van der Waals surface area contributed by atoms with E-state index in [2.05, 4.69) is 17.0 Å². The Bertz CT molecular complexity index is 655. The second-order valence-electron chi connectivity index (χ2n) is 6.13. The highest BCUT2D eigenvalue weighted by molar-refractivity contribution is 7.89. The molecule has 0 saturated heterocycles. The highest BCUT2D eigenvalue weighted by Crippen LogP contribution is 2.24. The SMILES string of the molecule is CNS(=O)(=O)c1ccc(C)c(C(=O)NC2CCCC(C)C2)c1. The zero-order chi connectivity index (χ0) is 16.3. The van der Waals surface area contributed by atoms with Gasteiger partial charge in [-0.3, -0.25) is 4.79 Å². The van der Waals surface area contributed by atoms with Crippen LogP contribution in [0, 0.1) is 12.8 Å². The van der Waals surface area contributed by atoms with Crippen LogP contribution < -0.4 is 10.0 Å². The Hall–Kier alpha value is -1.40. The summed E-state index contributed by atoms with van der Waals surface area (Å²) in [7, 11) is -2.18. The van der Waals surface area contributed by atoms with Crippen LogP contribution in [0.5, 0.6) is 0 Å². The van der Waals surface area contributed by atoms with E-state index in [0.717, 1.165) is 24.8 Å². The molecular formula is C16H24N2O3S. The van der Waals surface area contributed by atoms with Gasteiger partial charge in [0.05, 0.1) is 4.90 Å². The van der Waals surface area contributed by atoms with E-state index in [1.807, 2.05) is 6.92 Å². The molecule has 0 bridgehead atoms. The molecule has 2 N–H and O–H groups in total. The van der Waals surface area contributed by atoms with Crippen molar-refractivity contribution in [1.82, 2.24) is 10.0 Å². The lowest BCUT2D eigenvalue weighted by molar-refractivity contribution is 0.0920. The van der Waals surface area contributed by atoms with Crippen molar-refractivity contribution in [3.05, 3.63) is 29.3 Å². The topological polar surface area (TPSA) is 75.3 Å². The summed E-state index contributed by atoms with van der Waals surface area (Å²) in [6.45, 7) is 4.01. The summed E-state index contributed by atoms with van der Waals surface area (Å²) in [5, 5.41) is 3.05. The normalized spacial score (nSPS) is 22.3. The Labute approximate surface area is 132 Å². The zero-order valence-corrected chi connectivity index (χ0v) is 14.2. The minimum atomic E-state index is -3.54. The first-order valence-electron chi connectivity index (χ1n) is 7.68. The van der Waals surface area contributed by atoms with Gasteiger partial charge in [0.15, 0.2) is 0 Å². The summed E-state index contributed by atoms with van der Waals surface area (Å²) in [4.78, 5) is 12.6. The lowest BCUT2D eigenvalue weighted by Crippen LogP contribution is -2.38. The highest BCUT2D eigenvalue weighted by atomic mass is 32.2. The summed E-state index contributed by atoms with van der Waals surface area (Å²) in [5.74, 6) is 0.431. The van der Waals surface area contributed by atoms with E-state index in [0.29, 0.717) is 11.5 Å². The molecular weight excluding hydrogens is 300 g/mol. The number of aryl methyl sites for hydroxylation is 1. The molecule has 122 valence electrons. The molecule has 0 spiro atoms. The highest BCUT2D eigenvalue weighted by Gasteiger charge is 2.22. The van der Waals surface area contributed by atoms with Gasteiger partial charge in [0.1, 0.15) is 0 Å². The fourth-order valence-electron chi connectivity index (χ4n) is 2.96. The Morgan fingerprint density at radius 2 is 2.00 bits per heavy atom. The van der Waals surface area contributed by atoms with Gasteiger partial charge in [0, 0.05) is 11.6 Å². The summed E-state index contributed by atoms with van der Waals surface area (Å²) < 4.78 is 26.0. The number of benzene rings is 1. The van der Waals surface area contributed by atoms with Gasteiger partial charge in [0.25, 0.3) is 5.91 Å². The molecule has 1 saturated carbocycles. The molecule has 6 heteroatoms. The molecule has 2 rings (SSSR count). The molecule has 1 aromatic carbocycles. The van der Waals surface area contributed by atoms with Crippen molar-refractivity contribution < 1.29 is 13.2 Å². The number of carbonyl (C=O) groups is 1. The van der Waals surface area contributed by atoms with Gasteiger partial charge in [-0.05, 0) is 50.4 Å². The first-order valence-corrected chi connectivity index (χ1v) is 9.17. The van der Waals surface area contributed by atoms with Crippen molar-refractivity contribution >= 4 is 15.9 Å². The van der Waals surface area contributed by atoms with E-state index in [-0.39, 0.29) is 16.8 Å². The van der Waals surface area contributed by atoms with Crippen molar-refractivity contribution in [2.45, 2.75) is 50.5 Å². The first kappa shape index (κ1) is 17.0. The Morgan fingerprint density at radius 1 is 1.27 bits per heavy atom. The van der Waals surface area contributed by atoms with Gasteiger partial charge < -0.3 is 5.32 Å². The van der Waals surface area contributed by atoms with E-state index >= 15 is 0 Å². The van der Waals surface area contributed by atoms with Crippen LogP contribution in [-0.4, -0.2) is 27.4 Å². The largest absolute Gasteiger partial charge is 0.349 e. The van der Waals surface area contributed by atoms with E-state index in [1.54, 1.807) is 6.07 Å². The first-order chi connectivity index (χ1) is 10.3. The number of sulfonamides is 1. The van der Waals surface area contributed by atoms with Crippen molar-refractivity contribution in [1.29, 1.82) is 0 Å². The van der Waals surface area contributed by atoms with E-state index in [9.17, 15) is 13.2 Å². The minimum absolute atomic E-state index is 0.114. The summed E-state index contributed by atoms with van der Waals surface area (Å²) in [5.41, 5.74) is 1.20. The van der Waals surface area contributed by atoms with Gasteiger partial charge in [-0.25, -0.2) is 13.1 Å². The Morgan fingerprint density at radius 3 is 2.64 bits per heavy atom. The molecule has 0 aliphatic heterocycles. The maximum atomic E-state index is 12.5. The summed E-state index contributed by atoms with van der Waals surface area (Å²) in [6, 6.07) is 4.81. The van der Waals surface area contributed by atoms with Crippen LogP contribution in [0.4, 0.5) is 0 Å². The number of carbonyl (C=O) groups excluding carboxylic acids is 1. The van der Waals surface area contributed by atoms with E-state index in [1.165, 1.54) is 25.6 Å². The zero-order valence-electron chi connectivity index (χ0n) is 13.3. The average molecular weight is 324 g/mol. The quantitative estimate of drug-likeness (QED) is 0.891. The number of rotatable bonds is 4. The van der Waals surface area contributed by atoms with Crippen LogP contribution in [0.3, 0.4) is 0 Å². The predicted molar refractivity (Wildman–Crippen MR) is 86.3 cm³/mol. The maximum absolute atomic E-state index is 12.5. The standard InChI is InChI=1S/C16H24N2O3S/c1-11-5-4-6-13(9-11)18-16(19)15-10-14(8-7-12(15)2)22(20,21)17-3/h7-8,10-11,13,17H,4-6,9H2,1-3H3,(H,18,19). The lowest BCUT2D eigenvalue weighted by atomic mass is 9.87. The van der Waals surface area contributed by atoms with Crippen molar-refractivity contribution in [2.24, 2.45) is 5.92 Å². The molecule has 1 amide bonds. The second-order valence-corrected chi connectivity index (χ2v) is 8.01. The molecule has 0 heterocycles. The molecule has 1 aliphatic carbocycles.